The lowest BCUT2D eigenvalue weighted by Crippen LogP contribution is -2.39. The van der Waals surface area contributed by atoms with Crippen LogP contribution in [0.2, 0.25) is 0 Å². The Hall–Kier alpha value is -1.59. The third kappa shape index (κ3) is 3.36. The van der Waals surface area contributed by atoms with Gasteiger partial charge in [-0.15, -0.1) is 0 Å². The minimum Gasteiger partial charge on any atom is -0.381 e. The number of ether oxygens (including phenoxy) is 1. The molecule has 0 saturated carbocycles. The SMILES string of the molecule is Cc1cc(N2CCC(N3CCCC3C)C2)ccc1N1CCC2(CCOCC2)C1=O. The molecule has 4 heterocycles. The van der Waals surface area contributed by atoms with Crippen LogP contribution in [0.3, 0.4) is 0 Å². The molecule has 0 aromatic heterocycles. The van der Waals surface area contributed by atoms with Gasteiger partial charge in [0.1, 0.15) is 0 Å². The second-order valence-electron chi connectivity index (χ2n) is 9.69. The predicted molar refractivity (Wildman–Crippen MR) is 117 cm³/mol. The zero-order valence-electron chi connectivity index (χ0n) is 18.0. The quantitative estimate of drug-likeness (QED) is 0.781. The number of carbonyl (C=O) groups excluding carboxylic acids is 1. The number of nitrogens with zero attached hydrogens (tertiary/aromatic N) is 3. The molecular formula is C24H35N3O2. The van der Waals surface area contributed by atoms with Crippen LogP contribution < -0.4 is 9.80 Å². The van der Waals surface area contributed by atoms with Gasteiger partial charge in [-0.25, -0.2) is 0 Å². The van der Waals surface area contributed by atoms with Gasteiger partial charge in [0, 0.05) is 56.3 Å². The first-order valence-corrected chi connectivity index (χ1v) is 11.6. The van der Waals surface area contributed by atoms with Crippen molar-refractivity contribution >= 4 is 17.3 Å². The van der Waals surface area contributed by atoms with Crippen molar-refractivity contribution in [3.8, 4) is 0 Å². The molecule has 2 atom stereocenters. The van der Waals surface area contributed by atoms with E-state index in [2.05, 4.69) is 41.8 Å². The number of aryl methyl sites for hydroxylation is 1. The number of benzene rings is 1. The molecule has 2 unspecified atom stereocenters. The number of anilines is 2. The van der Waals surface area contributed by atoms with E-state index in [-0.39, 0.29) is 5.41 Å². The first-order chi connectivity index (χ1) is 14.1. The molecule has 4 fully saturated rings. The highest BCUT2D eigenvalue weighted by Crippen LogP contribution is 2.43. The summed E-state index contributed by atoms with van der Waals surface area (Å²) >= 11 is 0. The van der Waals surface area contributed by atoms with Gasteiger partial charge in [-0.2, -0.15) is 0 Å². The third-order valence-corrected chi connectivity index (χ3v) is 8.04. The third-order valence-electron chi connectivity index (χ3n) is 8.04. The zero-order chi connectivity index (χ0) is 20.0. The largest absolute Gasteiger partial charge is 0.381 e. The van der Waals surface area contributed by atoms with Crippen molar-refractivity contribution in [3.05, 3.63) is 23.8 Å². The fraction of sp³-hybridized carbons (Fsp3) is 0.708. The lowest BCUT2D eigenvalue weighted by Gasteiger charge is -2.32. The van der Waals surface area contributed by atoms with Gasteiger partial charge in [0.25, 0.3) is 0 Å². The standard InChI is InChI=1S/C24H35N3O2/c1-18-16-20(25-12-7-21(17-25)26-11-3-4-19(26)2)5-6-22(18)27-13-8-24(23(27)28)9-14-29-15-10-24/h5-6,16,19,21H,3-4,7-15,17H2,1-2H3. The molecule has 29 heavy (non-hydrogen) atoms. The smallest absolute Gasteiger partial charge is 0.233 e. The maximum Gasteiger partial charge on any atom is 0.233 e. The summed E-state index contributed by atoms with van der Waals surface area (Å²) in [6, 6.07) is 8.16. The number of hydrogen-bond donors (Lipinski definition) is 0. The van der Waals surface area contributed by atoms with Crippen LogP contribution in [0.1, 0.15) is 51.0 Å². The van der Waals surface area contributed by atoms with E-state index in [4.69, 9.17) is 4.74 Å². The molecule has 5 heteroatoms. The van der Waals surface area contributed by atoms with Crippen LogP contribution >= 0.6 is 0 Å². The summed E-state index contributed by atoms with van der Waals surface area (Å²) < 4.78 is 5.51. The lowest BCUT2D eigenvalue weighted by atomic mass is 9.79. The number of likely N-dealkylation sites (tertiary alicyclic amines) is 1. The van der Waals surface area contributed by atoms with E-state index in [9.17, 15) is 4.79 Å². The normalized spacial score (nSPS) is 30.1. The molecule has 5 rings (SSSR count). The van der Waals surface area contributed by atoms with Crippen LogP contribution in [0, 0.1) is 12.3 Å². The Bertz CT molecular complexity index is 773. The molecule has 1 spiro atoms. The predicted octanol–water partition coefficient (Wildman–Crippen LogP) is 3.59. The van der Waals surface area contributed by atoms with Crippen molar-refractivity contribution in [2.75, 3.05) is 49.2 Å². The molecule has 1 amide bonds. The number of hydrogen-bond acceptors (Lipinski definition) is 4. The molecule has 1 aromatic rings. The molecule has 158 valence electrons. The Balaban J connectivity index is 1.29. The average Bonchev–Trinajstić information content (AvgIpc) is 3.44. The first kappa shape index (κ1) is 19.4. The van der Waals surface area contributed by atoms with Crippen molar-refractivity contribution in [1.82, 2.24) is 4.90 Å². The van der Waals surface area contributed by atoms with Crippen molar-refractivity contribution in [2.24, 2.45) is 5.41 Å². The number of amides is 1. The Morgan fingerprint density at radius 1 is 1.07 bits per heavy atom. The Morgan fingerprint density at radius 2 is 1.90 bits per heavy atom. The van der Waals surface area contributed by atoms with Gasteiger partial charge in [0.15, 0.2) is 0 Å². The molecule has 4 saturated heterocycles. The molecule has 1 aromatic carbocycles. The van der Waals surface area contributed by atoms with E-state index >= 15 is 0 Å². The summed E-state index contributed by atoms with van der Waals surface area (Å²) in [4.78, 5) is 20.6. The molecule has 0 bridgehead atoms. The fourth-order valence-electron chi connectivity index (χ4n) is 6.16. The van der Waals surface area contributed by atoms with Gasteiger partial charge < -0.3 is 14.5 Å². The zero-order valence-corrected chi connectivity index (χ0v) is 18.0. The minimum absolute atomic E-state index is 0.169. The van der Waals surface area contributed by atoms with E-state index in [0.29, 0.717) is 11.9 Å². The van der Waals surface area contributed by atoms with Gasteiger partial charge in [0.2, 0.25) is 5.91 Å². The lowest BCUT2D eigenvalue weighted by molar-refractivity contribution is -0.130. The second-order valence-corrected chi connectivity index (χ2v) is 9.69. The van der Waals surface area contributed by atoms with Crippen LogP contribution in [-0.4, -0.2) is 62.3 Å². The Morgan fingerprint density at radius 3 is 2.62 bits per heavy atom. The summed E-state index contributed by atoms with van der Waals surface area (Å²) in [5, 5.41) is 0. The topological polar surface area (TPSA) is 36.0 Å². The highest BCUT2D eigenvalue weighted by molar-refractivity contribution is 6.00. The molecule has 4 aliphatic rings. The summed E-state index contributed by atoms with van der Waals surface area (Å²) in [5.41, 5.74) is 3.47. The van der Waals surface area contributed by atoms with Gasteiger partial charge in [-0.05, 0) is 82.7 Å². The van der Waals surface area contributed by atoms with Crippen LogP contribution in [0.4, 0.5) is 11.4 Å². The molecule has 0 aliphatic carbocycles. The maximum absolute atomic E-state index is 13.3. The highest BCUT2D eigenvalue weighted by Gasteiger charge is 2.48. The van der Waals surface area contributed by atoms with Gasteiger partial charge in [-0.3, -0.25) is 9.69 Å². The Labute approximate surface area is 175 Å². The van der Waals surface area contributed by atoms with Crippen molar-refractivity contribution < 1.29 is 9.53 Å². The molecule has 0 radical (unpaired) electrons. The Kier molecular flexibility index (Phi) is 5.07. The monoisotopic (exact) mass is 397 g/mol. The summed E-state index contributed by atoms with van der Waals surface area (Å²) in [6.45, 7) is 10.4. The fourth-order valence-corrected chi connectivity index (χ4v) is 6.16. The van der Waals surface area contributed by atoms with Gasteiger partial charge >= 0.3 is 0 Å². The highest BCUT2D eigenvalue weighted by atomic mass is 16.5. The van der Waals surface area contributed by atoms with E-state index < -0.39 is 0 Å². The van der Waals surface area contributed by atoms with E-state index in [1.54, 1.807) is 0 Å². The van der Waals surface area contributed by atoms with E-state index in [1.807, 2.05) is 4.90 Å². The van der Waals surface area contributed by atoms with Crippen molar-refractivity contribution in [2.45, 2.75) is 64.5 Å². The van der Waals surface area contributed by atoms with Crippen LogP contribution in [0.25, 0.3) is 0 Å². The molecule has 4 aliphatic heterocycles. The van der Waals surface area contributed by atoms with Gasteiger partial charge in [-0.1, -0.05) is 0 Å². The average molecular weight is 398 g/mol. The molecule has 5 nitrogen and oxygen atoms in total. The van der Waals surface area contributed by atoms with Crippen LogP contribution in [0.15, 0.2) is 18.2 Å². The van der Waals surface area contributed by atoms with Crippen molar-refractivity contribution in [3.63, 3.8) is 0 Å². The molecule has 0 N–H and O–H groups in total. The van der Waals surface area contributed by atoms with E-state index in [1.165, 1.54) is 37.1 Å². The van der Waals surface area contributed by atoms with Crippen molar-refractivity contribution in [1.29, 1.82) is 0 Å². The summed E-state index contributed by atoms with van der Waals surface area (Å²) in [7, 11) is 0. The number of carbonyl (C=O) groups is 1. The maximum atomic E-state index is 13.3. The van der Waals surface area contributed by atoms with Crippen LogP contribution in [0.5, 0.6) is 0 Å². The summed E-state index contributed by atoms with van der Waals surface area (Å²) in [5.74, 6) is 0.320. The van der Waals surface area contributed by atoms with Crippen LogP contribution in [-0.2, 0) is 9.53 Å². The first-order valence-electron chi connectivity index (χ1n) is 11.6. The number of rotatable bonds is 3. The second kappa shape index (κ2) is 7.59. The molecular weight excluding hydrogens is 362 g/mol. The van der Waals surface area contributed by atoms with E-state index in [0.717, 1.165) is 63.8 Å². The summed E-state index contributed by atoms with van der Waals surface area (Å²) in [6.07, 6.45) is 6.69. The van der Waals surface area contributed by atoms with Gasteiger partial charge in [0.05, 0.1) is 5.41 Å². The minimum atomic E-state index is -0.169.